The molecule has 0 aliphatic heterocycles. The van der Waals surface area contributed by atoms with E-state index in [1.165, 1.54) is 0 Å². The van der Waals surface area contributed by atoms with Crippen LogP contribution in [-0.4, -0.2) is 27.8 Å². The van der Waals surface area contributed by atoms with Crippen LogP contribution in [0.5, 0.6) is 5.75 Å². The molecule has 0 saturated carbocycles. The molecule has 0 radical (unpaired) electrons. The highest BCUT2D eigenvalue weighted by atomic mass is 32.1. The molecule has 1 unspecified atom stereocenters. The van der Waals surface area contributed by atoms with E-state index in [0.29, 0.717) is 11.4 Å². The van der Waals surface area contributed by atoms with Gasteiger partial charge in [-0.2, -0.15) is 5.10 Å². The third-order valence-corrected chi connectivity index (χ3v) is 5.08. The van der Waals surface area contributed by atoms with Crippen LogP contribution in [0.25, 0.3) is 5.69 Å². The molecule has 3 rings (SSSR count). The fourth-order valence-electron chi connectivity index (χ4n) is 2.59. The lowest BCUT2D eigenvalue weighted by atomic mass is 10.2. The second kappa shape index (κ2) is 7.70. The van der Waals surface area contributed by atoms with Crippen LogP contribution in [0.4, 0.5) is 0 Å². The van der Waals surface area contributed by atoms with E-state index >= 15 is 0 Å². The van der Waals surface area contributed by atoms with Crippen molar-refractivity contribution in [1.82, 2.24) is 20.1 Å². The van der Waals surface area contributed by atoms with E-state index in [1.54, 1.807) is 35.4 Å². The number of aryl methyl sites for hydroxylation is 2. The Morgan fingerprint density at radius 2 is 2.19 bits per heavy atom. The van der Waals surface area contributed by atoms with E-state index in [1.807, 2.05) is 37.4 Å². The third kappa shape index (κ3) is 3.77. The van der Waals surface area contributed by atoms with Gasteiger partial charge in [-0.1, -0.05) is 13.0 Å². The van der Waals surface area contributed by atoms with Crippen molar-refractivity contribution in [1.29, 1.82) is 0 Å². The molecular weight excluding hydrogens is 348 g/mol. The number of carbonyl (C=O) groups excluding carboxylic acids is 1. The highest BCUT2D eigenvalue weighted by Crippen LogP contribution is 2.23. The summed E-state index contributed by atoms with van der Waals surface area (Å²) in [6, 6.07) is 7.36. The summed E-state index contributed by atoms with van der Waals surface area (Å²) in [4.78, 5) is 17.1. The molecule has 0 aliphatic carbocycles. The van der Waals surface area contributed by atoms with Gasteiger partial charge < -0.3 is 10.1 Å². The Balaban J connectivity index is 1.77. The van der Waals surface area contributed by atoms with Crippen LogP contribution in [0.15, 0.2) is 35.8 Å². The molecule has 1 amide bonds. The van der Waals surface area contributed by atoms with E-state index in [4.69, 9.17) is 4.74 Å². The molecule has 3 aromatic rings. The topological polar surface area (TPSA) is 69.0 Å². The van der Waals surface area contributed by atoms with Crippen molar-refractivity contribution in [2.45, 2.75) is 33.2 Å². The van der Waals surface area contributed by atoms with Gasteiger partial charge in [0, 0.05) is 11.6 Å². The zero-order valence-corrected chi connectivity index (χ0v) is 16.1. The highest BCUT2D eigenvalue weighted by molar-refractivity contribution is 7.09. The van der Waals surface area contributed by atoms with Gasteiger partial charge in [-0.25, -0.2) is 9.67 Å². The molecule has 0 bridgehead atoms. The van der Waals surface area contributed by atoms with Crippen LogP contribution in [0.2, 0.25) is 0 Å². The maximum Gasteiger partial charge on any atom is 0.272 e. The molecule has 136 valence electrons. The number of ether oxygens (including phenoxy) is 1. The Morgan fingerprint density at radius 1 is 1.38 bits per heavy atom. The van der Waals surface area contributed by atoms with Crippen molar-refractivity contribution in [3.05, 3.63) is 57.8 Å². The first-order valence-corrected chi connectivity index (χ1v) is 9.35. The largest absolute Gasteiger partial charge is 0.494 e. The lowest BCUT2D eigenvalue weighted by Crippen LogP contribution is -2.27. The van der Waals surface area contributed by atoms with Crippen molar-refractivity contribution in [3.8, 4) is 11.4 Å². The Kier molecular flexibility index (Phi) is 5.37. The van der Waals surface area contributed by atoms with Crippen LogP contribution >= 0.6 is 11.3 Å². The normalized spacial score (nSPS) is 12.0. The summed E-state index contributed by atoms with van der Waals surface area (Å²) in [5.41, 5.74) is 3.12. The van der Waals surface area contributed by atoms with Crippen molar-refractivity contribution < 1.29 is 9.53 Å². The summed E-state index contributed by atoms with van der Waals surface area (Å²) in [5.74, 6) is 0.475. The van der Waals surface area contributed by atoms with Crippen LogP contribution in [-0.2, 0) is 6.42 Å². The molecule has 6 nitrogen and oxygen atoms in total. The van der Waals surface area contributed by atoms with Gasteiger partial charge in [0.05, 0.1) is 23.9 Å². The summed E-state index contributed by atoms with van der Waals surface area (Å²) in [5, 5.41) is 10.4. The second-order valence-electron chi connectivity index (χ2n) is 6.04. The van der Waals surface area contributed by atoms with E-state index < -0.39 is 0 Å². The first-order valence-electron chi connectivity index (χ1n) is 8.47. The zero-order valence-electron chi connectivity index (χ0n) is 15.3. The van der Waals surface area contributed by atoms with E-state index in [9.17, 15) is 4.79 Å². The minimum Gasteiger partial charge on any atom is -0.494 e. The van der Waals surface area contributed by atoms with E-state index in [2.05, 4.69) is 22.3 Å². The fraction of sp³-hybridized carbons (Fsp3) is 0.316. The number of nitrogens with one attached hydrogen (secondary N) is 1. The number of methoxy groups -OCH3 is 1. The predicted octanol–water partition coefficient (Wildman–Crippen LogP) is 3.70. The van der Waals surface area contributed by atoms with Crippen LogP contribution in [0.1, 0.15) is 46.6 Å². The van der Waals surface area contributed by atoms with Crippen molar-refractivity contribution >= 4 is 17.2 Å². The summed E-state index contributed by atoms with van der Waals surface area (Å²) in [7, 11) is 1.62. The van der Waals surface area contributed by atoms with Gasteiger partial charge in [0.25, 0.3) is 5.91 Å². The van der Waals surface area contributed by atoms with E-state index in [-0.39, 0.29) is 11.9 Å². The van der Waals surface area contributed by atoms with Gasteiger partial charge in [0.2, 0.25) is 0 Å². The molecule has 1 N–H and O–H groups in total. The highest BCUT2D eigenvalue weighted by Gasteiger charge is 2.17. The number of rotatable bonds is 6. The number of thiazole rings is 1. The Labute approximate surface area is 156 Å². The average molecular weight is 370 g/mol. The molecule has 1 aromatic carbocycles. The lowest BCUT2D eigenvalue weighted by molar-refractivity contribution is 0.0933. The molecule has 0 spiro atoms. The van der Waals surface area contributed by atoms with Crippen molar-refractivity contribution in [2.24, 2.45) is 0 Å². The number of carbonyl (C=O) groups is 1. The third-order valence-electron chi connectivity index (χ3n) is 4.07. The molecule has 26 heavy (non-hydrogen) atoms. The zero-order chi connectivity index (χ0) is 18.7. The van der Waals surface area contributed by atoms with Gasteiger partial charge >= 0.3 is 0 Å². The monoisotopic (exact) mass is 370 g/mol. The Bertz CT molecular complexity index is 916. The number of amides is 1. The molecule has 2 heterocycles. The van der Waals surface area contributed by atoms with E-state index in [0.717, 1.165) is 28.4 Å². The summed E-state index contributed by atoms with van der Waals surface area (Å²) >= 11 is 1.61. The molecule has 2 aromatic heterocycles. The first kappa shape index (κ1) is 18.1. The summed E-state index contributed by atoms with van der Waals surface area (Å²) < 4.78 is 7.05. The number of hydrogen-bond donors (Lipinski definition) is 1. The molecule has 7 heteroatoms. The smallest absolute Gasteiger partial charge is 0.272 e. The summed E-state index contributed by atoms with van der Waals surface area (Å²) in [6.45, 7) is 5.99. The SMILES string of the molecule is CCc1nc(C(C)NC(=O)c2ccn(-c3cc(C)ccc3OC)n2)cs1. The summed E-state index contributed by atoms with van der Waals surface area (Å²) in [6.07, 6.45) is 2.66. The fourth-order valence-corrected chi connectivity index (χ4v) is 3.43. The maximum absolute atomic E-state index is 12.5. The van der Waals surface area contributed by atoms with Crippen LogP contribution in [0.3, 0.4) is 0 Å². The predicted molar refractivity (Wildman–Crippen MR) is 102 cm³/mol. The van der Waals surface area contributed by atoms with Gasteiger partial charge in [0.15, 0.2) is 5.69 Å². The molecular formula is C19H22N4O2S. The van der Waals surface area contributed by atoms with Crippen molar-refractivity contribution in [3.63, 3.8) is 0 Å². The van der Waals surface area contributed by atoms with Crippen molar-refractivity contribution in [2.75, 3.05) is 7.11 Å². The number of aromatic nitrogens is 3. The van der Waals surface area contributed by atoms with Gasteiger partial charge in [-0.05, 0) is 44.0 Å². The second-order valence-corrected chi connectivity index (χ2v) is 6.98. The number of nitrogens with zero attached hydrogens (tertiary/aromatic N) is 3. The van der Waals surface area contributed by atoms with Crippen LogP contribution < -0.4 is 10.1 Å². The standard InChI is InChI=1S/C19H22N4O2S/c1-5-18-21-15(11-26-18)13(3)20-19(24)14-8-9-23(22-14)16-10-12(2)6-7-17(16)25-4/h6-11,13H,5H2,1-4H3,(H,20,24). The molecule has 0 fully saturated rings. The minimum atomic E-state index is -0.228. The quantitative estimate of drug-likeness (QED) is 0.718. The van der Waals surface area contributed by atoms with Gasteiger partial charge in [0.1, 0.15) is 11.4 Å². The number of hydrogen-bond acceptors (Lipinski definition) is 5. The Morgan fingerprint density at radius 3 is 2.88 bits per heavy atom. The number of benzene rings is 1. The Hall–Kier alpha value is -2.67. The molecule has 0 aliphatic rings. The maximum atomic E-state index is 12.5. The molecule has 1 atom stereocenters. The van der Waals surface area contributed by atoms with Gasteiger partial charge in [-0.15, -0.1) is 11.3 Å². The van der Waals surface area contributed by atoms with Gasteiger partial charge in [-0.3, -0.25) is 4.79 Å². The first-order chi connectivity index (χ1) is 12.5. The lowest BCUT2D eigenvalue weighted by Gasteiger charge is -2.11. The average Bonchev–Trinajstić information content (AvgIpc) is 3.31. The van der Waals surface area contributed by atoms with Crippen LogP contribution in [0, 0.1) is 6.92 Å². The minimum absolute atomic E-state index is 0.169. The molecule has 0 saturated heterocycles.